The van der Waals surface area contributed by atoms with Crippen molar-refractivity contribution in [1.82, 2.24) is 10.4 Å². The van der Waals surface area contributed by atoms with Crippen LogP contribution in [0.2, 0.25) is 0 Å². The lowest BCUT2D eigenvalue weighted by atomic mass is 10.1. The Morgan fingerprint density at radius 1 is 1.15 bits per heavy atom. The molecule has 0 bridgehead atoms. The number of nitriles is 1. The molecule has 1 unspecified atom stereocenters. The van der Waals surface area contributed by atoms with Crippen molar-refractivity contribution in [3.05, 3.63) is 76.3 Å². The number of anilines is 1. The van der Waals surface area contributed by atoms with Gasteiger partial charge in [-0.3, -0.25) is 19.9 Å². The lowest BCUT2D eigenvalue weighted by Gasteiger charge is -2.30. The number of thioether (sulfide) groups is 1. The number of para-hydroxylation sites is 1. The smallest absolute Gasteiger partial charge is 0.278 e. The monoisotopic (exact) mass is 462 g/mol. The molecule has 4 rings (SSSR count). The normalized spacial score (nSPS) is 21.1. The van der Waals surface area contributed by atoms with E-state index in [4.69, 9.17) is 0 Å². The number of nitrogens with one attached hydrogen (secondary N) is 2. The molecule has 0 radical (unpaired) electrons. The van der Waals surface area contributed by atoms with Crippen molar-refractivity contribution in [2.24, 2.45) is 0 Å². The van der Waals surface area contributed by atoms with Crippen molar-refractivity contribution in [3.63, 3.8) is 0 Å². The van der Waals surface area contributed by atoms with Gasteiger partial charge in [-0.1, -0.05) is 59.8 Å². The number of amides is 2. The fourth-order valence-electron chi connectivity index (χ4n) is 3.94. The Bertz CT molecular complexity index is 1090. The van der Waals surface area contributed by atoms with Crippen LogP contribution < -0.4 is 15.2 Å². The maximum Gasteiger partial charge on any atom is 0.278 e. The number of hydrazine groups is 1. The third kappa shape index (κ3) is 5.28. The summed E-state index contributed by atoms with van der Waals surface area (Å²) in [5.41, 5.74) is 5.70. The summed E-state index contributed by atoms with van der Waals surface area (Å²) < 4.78 is 0. The summed E-state index contributed by atoms with van der Waals surface area (Å²) in [7, 11) is 2.12. The number of rotatable bonds is 5. The number of carbonyl (C=O) groups is 2. The van der Waals surface area contributed by atoms with Crippen LogP contribution in [0.5, 0.6) is 0 Å². The van der Waals surface area contributed by atoms with Crippen LogP contribution in [0.1, 0.15) is 11.1 Å². The first-order chi connectivity index (χ1) is 16.0. The van der Waals surface area contributed by atoms with E-state index in [-0.39, 0.29) is 11.5 Å². The van der Waals surface area contributed by atoms with Gasteiger partial charge in [0, 0.05) is 5.69 Å². The van der Waals surface area contributed by atoms with Crippen LogP contribution in [-0.2, 0) is 16.0 Å². The fourth-order valence-corrected chi connectivity index (χ4v) is 5.25. The summed E-state index contributed by atoms with van der Waals surface area (Å²) in [4.78, 5) is 29.5. The maximum atomic E-state index is 13.5. The van der Waals surface area contributed by atoms with Gasteiger partial charge in [0.1, 0.15) is 16.7 Å². The van der Waals surface area contributed by atoms with Gasteiger partial charge in [-0.15, -0.1) is 0 Å². The largest absolute Gasteiger partial charge is 0.335 e. The van der Waals surface area contributed by atoms with Gasteiger partial charge in [-0.05, 0) is 31.0 Å². The van der Waals surface area contributed by atoms with E-state index in [0.717, 1.165) is 37.3 Å². The second kappa shape index (κ2) is 10.2. The first kappa shape index (κ1) is 23.1. The maximum absolute atomic E-state index is 13.5. The molecule has 8 heteroatoms. The van der Waals surface area contributed by atoms with Crippen molar-refractivity contribution < 1.29 is 14.5 Å². The van der Waals surface area contributed by atoms with E-state index in [1.807, 2.05) is 66.5 Å². The van der Waals surface area contributed by atoms with Crippen molar-refractivity contribution in [2.75, 3.05) is 38.1 Å². The van der Waals surface area contributed by atoms with E-state index in [1.54, 1.807) is 0 Å². The molecule has 0 saturated carbocycles. The summed E-state index contributed by atoms with van der Waals surface area (Å²) in [6.45, 7) is 5.30. The lowest BCUT2D eigenvalue weighted by molar-refractivity contribution is -0.884. The average molecular weight is 463 g/mol. The standard InChI is InChI=1S/C25H27N5O2S/c1-18-8-10-19(11-9-18)16-22-24(32)30(20-6-4-3-5-7-20)25(33-22)21(17-26)23(31)27-29-14-12-28(2)13-15-29/h3-11,22H,12-16H2,1-2H3,(H,27,31)/p+1/b25-21+. The van der Waals surface area contributed by atoms with Crippen LogP contribution >= 0.6 is 11.8 Å². The number of benzene rings is 2. The van der Waals surface area contributed by atoms with Crippen molar-refractivity contribution in [2.45, 2.75) is 18.6 Å². The molecule has 2 aliphatic rings. The molecule has 1 atom stereocenters. The van der Waals surface area contributed by atoms with E-state index < -0.39 is 11.2 Å². The second-order valence-electron chi connectivity index (χ2n) is 8.48. The third-order valence-electron chi connectivity index (χ3n) is 5.94. The highest BCUT2D eigenvalue weighted by atomic mass is 32.2. The molecular weight excluding hydrogens is 434 g/mol. The number of piperazine rings is 1. The number of likely N-dealkylation sites (N-methyl/N-ethyl adjacent to an activating group) is 1. The molecular formula is C25H28N5O2S+. The van der Waals surface area contributed by atoms with E-state index in [1.165, 1.54) is 21.6 Å². The third-order valence-corrected chi connectivity index (χ3v) is 7.20. The molecule has 2 aliphatic heterocycles. The fraction of sp³-hybridized carbons (Fsp3) is 0.320. The van der Waals surface area contributed by atoms with E-state index >= 15 is 0 Å². The molecule has 2 saturated heterocycles. The Balaban J connectivity index is 1.63. The van der Waals surface area contributed by atoms with Crippen LogP contribution in [0.3, 0.4) is 0 Å². The van der Waals surface area contributed by atoms with Crippen LogP contribution in [-0.4, -0.2) is 55.3 Å². The summed E-state index contributed by atoms with van der Waals surface area (Å²) in [5, 5.41) is 11.8. The zero-order valence-electron chi connectivity index (χ0n) is 18.9. The summed E-state index contributed by atoms with van der Waals surface area (Å²) in [5.74, 6) is -0.588. The number of hydrogen-bond acceptors (Lipinski definition) is 5. The van der Waals surface area contributed by atoms with Gasteiger partial charge in [-0.25, -0.2) is 5.01 Å². The highest BCUT2D eigenvalue weighted by molar-refractivity contribution is 8.05. The zero-order valence-corrected chi connectivity index (χ0v) is 19.7. The summed E-state index contributed by atoms with van der Waals surface area (Å²) in [6.07, 6.45) is 0.526. The Labute approximate surface area is 198 Å². The summed E-state index contributed by atoms with van der Waals surface area (Å²) in [6, 6.07) is 19.4. The van der Waals surface area contributed by atoms with E-state index in [9.17, 15) is 14.9 Å². The predicted molar refractivity (Wildman–Crippen MR) is 129 cm³/mol. The average Bonchev–Trinajstić information content (AvgIpc) is 3.13. The molecule has 170 valence electrons. The highest BCUT2D eigenvalue weighted by Crippen LogP contribution is 2.41. The van der Waals surface area contributed by atoms with Gasteiger partial charge in [0.25, 0.3) is 5.91 Å². The van der Waals surface area contributed by atoms with Crippen molar-refractivity contribution in [1.29, 1.82) is 5.26 Å². The van der Waals surface area contributed by atoms with Gasteiger partial charge in [0.15, 0.2) is 0 Å². The molecule has 2 heterocycles. The van der Waals surface area contributed by atoms with Crippen molar-refractivity contribution >= 4 is 29.3 Å². The molecule has 33 heavy (non-hydrogen) atoms. The van der Waals surface area contributed by atoms with Gasteiger partial charge in [0.05, 0.1) is 38.5 Å². The molecule has 2 N–H and O–H groups in total. The molecule has 0 aliphatic carbocycles. The Hall–Kier alpha value is -3.12. The first-order valence-electron chi connectivity index (χ1n) is 11.1. The van der Waals surface area contributed by atoms with Crippen LogP contribution in [0.4, 0.5) is 5.69 Å². The van der Waals surface area contributed by atoms with Gasteiger partial charge < -0.3 is 4.90 Å². The molecule has 2 fully saturated rings. The minimum absolute atomic E-state index is 0.0325. The highest BCUT2D eigenvalue weighted by Gasteiger charge is 2.41. The SMILES string of the molecule is Cc1ccc(CC2S/C(=C(\C#N)C(=O)NN3CC[NH+](C)CC3)N(c3ccccc3)C2=O)cc1. The summed E-state index contributed by atoms with van der Waals surface area (Å²) >= 11 is 1.29. The minimum atomic E-state index is -0.468. The molecule has 2 amide bonds. The molecule has 0 aromatic heterocycles. The molecule has 2 aromatic carbocycles. The van der Waals surface area contributed by atoms with Crippen LogP contribution in [0, 0.1) is 18.3 Å². The number of quaternary nitrogens is 1. The number of carbonyl (C=O) groups excluding carboxylic acids is 2. The number of aryl methyl sites for hydroxylation is 1. The quantitative estimate of drug-likeness (QED) is 0.517. The zero-order chi connectivity index (χ0) is 23.4. The molecule has 7 nitrogen and oxygen atoms in total. The number of nitrogens with zero attached hydrogens (tertiary/aromatic N) is 3. The lowest BCUT2D eigenvalue weighted by Crippen LogP contribution is -3.12. The van der Waals surface area contributed by atoms with Crippen molar-refractivity contribution in [3.8, 4) is 6.07 Å². The number of hydrogen-bond donors (Lipinski definition) is 2. The predicted octanol–water partition coefficient (Wildman–Crippen LogP) is 1.28. The van der Waals surface area contributed by atoms with Crippen LogP contribution in [0.15, 0.2) is 65.2 Å². The molecule has 0 spiro atoms. The minimum Gasteiger partial charge on any atom is -0.335 e. The topological polar surface area (TPSA) is 80.9 Å². The second-order valence-corrected chi connectivity index (χ2v) is 9.67. The van der Waals surface area contributed by atoms with Gasteiger partial charge in [-0.2, -0.15) is 5.26 Å². The van der Waals surface area contributed by atoms with Gasteiger partial charge >= 0.3 is 0 Å². The van der Waals surface area contributed by atoms with E-state index in [2.05, 4.69) is 18.5 Å². The molecule has 2 aromatic rings. The van der Waals surface area contributed by atoms with Gasteiger partial charge in [0.2, 0.25) is 5.91 Å². The Kier molecular flexibility index (Phi) is 7.14. The Morgan fingerprint density at radius 3 is 2.45 bits per heavy atom. The Morgan fingerprint density at radius 2 is 1.82 bits per heavy atom. The van der Waals surface area contributed by atoms with E-state index in [0.29, 0.717) is 17.1 Å². The van der Waals surface area contributed by atoms with Crippen LogP contribution in [0.25, 0.3) is 0 Å². The first-order valence-corrected chi connectivity index (χ1v) is 12.0.